The Morgan fingerprint density at radius 3 is 2.20 bits per heavy atom. The van der Waals surface area contributed by atoms with E-state index in [-0.39, 0.29) is 6.42 Å². The third-order valence-corrected chi connectivity index (χ3v) is 3.03. The fraction of sp³-hybridized carbons (Fsp3) is 0.818. The molecule has 1 heterocycles. The number of hydrogen-bond donors (Lipinski definition) is 1. The van der Waals surface area contributed by atoms with Crippen molar-refractivity contribution in [3.05, 3.63) is 0 Å². The third kappa shape index (κ3) is 5.64. The summed E-state index contributed by atoms with van der Waals surface area (Å²) in [5, 5.41) is 8.56. The van der Waals surface area contributed by atoms with Crippen molar-refractivity contribution in [2.45, 2.75) is 12.6 Å². The molecule has 0 atom stereocenters. The van der Waals surface area contributed by atoms with E-state index in [0.717, 1.165) is 7.05 Å². The van der Waals surface area contributed by atoms with Crippen molar-refractivity contribution in [3.8, 4) is 0 Å². The first-order valence-electron chi connectivity index (χ1n) is 6.20. The van der Waals surface area contributed by atoms with E-state index in [4.69, 9.17) is 5.11 Å². The second kappa shape index (κ2) is 6.78. The van der Waals surface area contributed by atoms with Crippen LogP contribution in [-0.2, 0) is 4.79 Å². The van der Waals surface area contributed by atoms with E-state index in [0.29, 0.717) is 37.6 Å². The molecule has 1 N–H and O–H groups in total. The second-order valence-corrected chi connectivity index (χ2v) is 4.73. The van der Waals surface area contributed by atoms with Gasteiger partial charge in [0.05, 0.1) is 6.42 Å². The van der Waals surface area contributed by atoms with E-state index in [2.05, 4.69) is 0 Å². The maximum atomic E-state index is 12.2. The quantitative estimate of drug-likeness (QED) is 0.829. The van der Waals surface area contributed by atoms with Crippen LogP contribution in [0.3, 0.4) is 0 Å². The molecule has 1 aliphatic heterocycles. The molecule has 0 saturated carbocycles. The molecule has 1 fully saturated rings. The summed E-state index contributed by atoms with van der Waals surface area (Å²) in [6, 6.07) is -0.653. The lowest BCUT2D eigenvalue weighted by molar-refractivity contribution is -0.138. The minimum Gasteiger partial charge on any atom is -0.481 e. The molecular formula is C11H18F3N3O3. The number of carboxylic acid groups (broad SMARTS) is 1. The Morgan fingerprint density at radius 1 is 1.20 bits per heavy atom. The fourth-order valence-electron chi connectivity index (χ4n) is 1.99. The molecule has 0 unspecified atom stereocenters. The number of halogens is 3. The zero-order valence-corrected chi connectivity index (χ0v) is 11.2. The molecule has 0 spiro atoms. The number of hydrogen-bond acceptors (Lipinski definition) is 3. The number of carboxylic acids is 1. The van der Waals surface area contributed by atoms with Crippen LogP contribution in [0.25, 0.3) is 0 Å². The Kier molecular flexibility index (Phi) is 5.61. The molecule has 1 rings (SSSR count). The number of rotatable bonds is 4. The van der Waals surface area contributed by atoms with Crippen molar-refractivity contribution in [3.63, 3.8) is 0 Å². The van der Waals surface area contributed by atoms with Gasteiger partial charge in [-0.05, 0) is 0 Å². The molecule has 0 radical (unpaired) electrons. The Hall–Kier alpha value is -1.51. The van der Waals surface area contributed by atoms with E-state index in [9.17, 15) is 22.8 Å². The van der Waals surface area contributed by atoms with Gasteiger partial charge in [0.15, 0.2) is 0 Å². The number of alkyl halides is 3. The van der Waals surface area contributed by atoms with Gasteiger partial charge in [-0.2, -0.15) is 13.2 Å². The average Bonchev–Trinajstić information content (AvgIpc) is 2.34. The van der Waals surface area contributed by atoms with Gasteiger partial charge in [-0.3, -0.25) is 9.69 Å². The number of carbonyl (C=O) groups excluding carboxylic acids is 1. The van der Waals surface area contributed by atoms with Crippen LogP contribution in [-0.4, -0.2) is 84.3 Å². The summed E-state index contributed by atoms with van der Waals surface area (Å²) in [6.07, 6.45) is -4.39. The lowest BCUT2D eigenvalue weighted by atomic mass is 10.3. The zero-order valence-electron chi connectivity index (χ0n) is 11.2. The van der Waals surface area contributed by atoms with Crippen LogP contribution >= 0.6 is 0 Å². The van der Waals surface area contributed by atoms with E-state index >= 15 is 0 Å². The Morgan fingerprint density at radius 2 is 1.75 bits per heavy atom. The van der Waals surface area contributed by atoms with E-state index < -0.39 is 24.7 Å². The monoisotopic (exact) mass is 297 g/mol. The highest BCUT2D eigenvalue weighted by Crippen LogP contribution is 2.16. The van der Waals surface area contributed by atoms with Gasteiger partial charge in [-0.1, -0.05) is 0 Å². The predicted molar refractivity (Wildman–Crippen MR) is 64.3 cm³/mol. The number of amides is 2. The van der Waals surface area contributed by atoms with Crippen molar-refractivity contribution in [1.82, 2.24) is 14.7 Å². The van der Waals surface area contributed by atoms with Gasteiger partial charge in [-0.15, -0.1) is 0 Å². The van der Waals surface area contributed by atoms with Gasteiger partial charge in [0, 0.05) is 39.8 Å². The molecule has 20 heavy (non-hydrogen) atoms. The van der Waals surface area contributed by atoms with E-state index in [1.165, 1.54) is 4.90 Å². The smallest absolute Gasteiger partial charge is 0.406 e. The van der Waals surface area contributed by atoms with Crippen LogP contribution < -0.4 is 0 Å². The van der Waals surface area contributed by atoms with Gasteiger partial charge in [0.1, 0.15) is 6.54 Å². The highest BCUT2D eigenvalue weighted by atomic mass is 19.4. The van der Waals surface area contributed by atoms with Crippen molar-refractivity contribution >= 4 is 12.0 Å². The van der Waals surface area contributed by atoms with Crippen LogP contribution in [0.1, 0.15) is 6.42 Å². The summed E-state index contributed by atoms with van der Waals surface area (Å²) >= 11 is 0. The van der Waals surface area contributed by atoms with Crippen LogP contribution in [0.2, 0.25) is 0 Å². The van der Waals surface area contributed by atoms with E-state index in [1.807, 2.05) is 4.90 Å². The molecule has 2 amide bonds. The lowest BCUT2D eigenvalue weighted by Crippen LogP contribution is -2.53. The normalized spacial score (nSPS) is 17.1. The maximum Gasteiger partial charge on any atom is 0.406 e. The maximum absolute atomic E-state index is 12.2. The summed E-state index contributed by atoms with van der Waals surface area (Å²) in [4.78, 5) is 26.1. The van der Waals surface area contributed by atoms with Crippen molar-refractivity contribution in [1.29, 1.82) is 0 Å². The molecule has 0 aromatic carbocycles. The van der Waals surface area contributed by atoms with Crippen LogP contribution in [0.4, 0.5) is 18.0 Å². The third-order valence-electron chi connectivity index (χ3n) is 3.03. The molecule has 1 saturated heterocycles. The molecule has 9 heteroatoms. The number of carbonyl (C=O) groups is 2. The highest BCUT2D eigenvalue weighted by molar-refractivity contribution is 5.74. The van der Waals surface area contributed by atoms with E-state index in [1.54, 1.807) is 0 Å². The van der Waals surface area contributed by atoms with Crippen LogP contribution in [0, 0.1) is 0 Å². The summed E-state index contributed by atoms with van der Waals surface area (Å²) in [6.45, 7) is 0.667. The molecule has 0 aromatic heterocycles. The number of urea groups is 1. The lowest BCUT2D eigenvalue weighted by Gasteiger charge is -2.36. The minimum atomic E-state index is -4.41. The molecule has 116 valence electrons. The van der Waals surface area contributed by atoms with Gasteiger partial charge >= 0.3 is 18.2 Å². The standard InChI is InChI=1S/C11H18F3N3O3/c1-15(8-11(12,13)14)10(20)17-6-4-16(5-7-17)3-2-9(18)19/h2-8H2,1H3,(H,18,19). The Labute approximate surface area is 114 Å². The highest BCUT2D eigenvalue weighted by Gasteiger charge is 2.33. The SMILES string of the molecule is CN(CC(F)(F)F)C(=O)N1CCN(CCC(=O)O)CC1. The minimum absolute atomic E-state index is 0.0158. The molecule has 0 bridgehead atoms. The number of aliphatic carboxylic acids is 1. The zero-order chi connectivity index (χ0) is 15.3. The number of piperazine rings is 1. The number of nitrogens with zero attached hydrogens (tertiary/aromatic N) is 3. The Bertz CT molecular complexity index is 355. The van der Waals surface area contributed by atoms with Gasteiger partial charge in [0.2, 0.25) is 0 Å². The molecule has 1 aliphatic rings. The van der Waals surface area contributed by atoms with Gasteiger partial charge in [-0.25, -0.2) is 4.79 Å². The van der Waals surface area contributed by atoms with Gasteiger partial charge in [0.25, 0.3) is 0 Å². The molecule has 6 nitrogen and oxygen atoms in total. The predicted octanol–water partition coefficient (Wildman–Crippen LogP) is 0.693. The second-order valence-electron chi connectivity index (χ2n) is 4.73. The van der Waals surface area contributed by atoms with Crippen molar-refractivity contribution in [2.75, 3.05) is 46.3 Å². The largest absolute Gasteiger partial charge is 0.481 e. The topological polar surface area (TPSA) is 64.1 Å². The first kappa shape index (κ1) is 16.5. The molecular weight excluding hydrogens is 279 g/mol. The summed E-state index contributed by atoms with van der Waals surface area (Å²) < 4.78 is 36.6. The van der Waals surface area contributed by atoms with Crippen molar-refractivity contribution < 1.29 is 27.9 Å². The molecule has 0 aromatic rings. The molecule has 0 aliphatic carbocycles. The summed E-state index contributed by atoms with van der Waals surface area (Å²) in [5.41, 5.74) is 0. The van der Waals surface area contributed by atoms with Crippen LogP contribution in [0.5, 0.6) is 0 Å². The Balaban J connectivity index is 2.37. The fourth-order valence-corrected chi connectivity index (χ4v) is 1.99. The van der Waals surface area contributed by atoms with Gasteiger partial charge < -0.3 is 14.9 Å². The first-order chi connectivity index (χ1) is 9.19. The summed E-state index contributed by atoms with van der Waals surface area (Å²) in [5.74, 6) is -0.895. The van der Waals surface area contributed by atoms with Crippen molar-refractivity contribution in [2.24, 2.45) is 0 Å². The average molecular weight is 297 g/mol. The van der Waals surface area contributed by atoms with Crippen LogP contribution in [0.15, 0.2) is 0 Å². The summed E-state index contributed by atoms with van der Waals surface area (Å²) in [7, 11) is 1.12. The first-order valence-corrected chi connectivity index (χ1v) is 6.20.